The molecular formula is C12H20BrN3. The second-order valence-corrected chi connectivity index (χ2v) is 5.19. The zero-order valence-corrected chi connectivity index (χ0v) is 11.8. The Kier molecular flexibility index (Phi) is 5.22. The van der Waals surface area contributed by atoms with E-state index < -0.39 is 0 Å². The Balaban J connectivity index is 2.96. The van der Waals surface area contributed by atoms with Crippen LogP contribution in [0.2, 0.25) is 0 Å². The van der Waals surface area contributed by atoms with Crippen molar-refractivity contribution in [3.05, 3.63) is 22.3 Å². The van der Waals surface area contributed by atoms with Gasteiger partial charge in [-0.15, -0.1) is 0 Å². The minimum Gasteiger partial charge on any atom is -0.354 e. The van der Waals surface area contributed by atoms with Crippen molar-refractivity contribution in [2.75, 3.05) is 24.5 Å². The van der Waals surface area contributed by atoms with Gasteiger partial charge in [0, 0.05) is 25.8 Å². The summed E-state index contributed by atoms with van der Waals surface area (Å²) in [5.74, 6) is 1.60. The fraction of sp³-hybridized carbons (Fsp3) is 0.583. The normalized spacial score (nSPS) is 10.9. The molecule has 0 bridgehead atoms. The number of halogens is 1. The van der Waals surface area contributed by atoms with Crippen LogP contribution in [0.25, 0.3) is 0 Å². The minimum absolute atomic E-state index is 0.598. The first-order valence-corrected chi connectivity index (χ1v) is 6.41. The molecule has 0 radical (unpaired) electrons. The van der Waals surface area contributed by atoms with Crippen LogP contribution in [0.1, 0.15) is 19.4 Å². The number of nitrogens with two attached hydrogens (primary N) is 1. The van der Waals surface area contributed by atoms with Crippen molar-refractivity contribution in [3.63, 3.8) is 0 Å². The van der Waals surface area contributed by atoms with Crippen LogP contribution in [0, 0.1) is 12.8 Å². The van der Waals surface area contributed by atoms with Gasteiger partial charge < -0.3 is 10.6 Å². The number of aryl methyl sites for hydroxylation is 1. The number of hydrogen-bond acceptors (Lipinski definition) is 3. The number of nitrogens with zero attached hydrogens (tertiary/aromatic N) is 2. The minimum atomic E-state index is 0.598. The molecule has 1 aromatic rings. The molecule has 0 atom stereocenters. The van der Waals surface area contributed by atoms with Crippen molar-refractivity contribution in [3.8, 4) is 0 Å². The van der Waals surface area contributed by atoms with Crippen LogP contribution in [-0.4, -0.2) is 24.6 Å². The maximum atomic E-state index is 5.65. The lowest BCUT2D eigenvalue weighted by Crippen LogP contribution is -2.33. The van der Waals surface area contributed by atoms with Gasteiger partial charge in [-0.05, 0) is 40.4 Å². The van der Waals surface area contributed by atoms with Gasteiger partial charge in [0.05, 0.1) is 4.47 Å². The van der Waals surface area contributed by atoms with E-state index in [0.29, 0.717) is 12.5 Å². The molecule has 90 valence electrons. The summed E-state index contributed by atoms with van der Waals surface area (Å²) in [6.07, 6.45) is 1.85. The van der Waals surface area contributed by atoms with Gasteiger partial charge in [0.15, 0.2) is 0 Å². The lowest BCUT2D eigenvalue weighted by molar-refractivity contribution is 0.606. The third kappa shape index (κ3) is 3.46. The van der Waals surface area contributed by atoms with Gasteiger partial charge in [0.1, 0.15) is 5.82 Å². The molecule has 2 N–H and O–H groups in total. The zero-order valence-electron chi connectivity index (χ0n) is 10.2. The van der Waals surface area contributed by atoms with E-state index in [1.165, 1.54) is 5.56 Å². The van der Waals surface area contributed by atoms with Crippen molar-refractivity contribution in [1.82, 2.24) is 4.98 Å². The molecule has 0 saturated carbocycles. The number of hydrogen-bond donors (Lipinski definition) is 1. The second kappa shape index (κ2) is 6.21. The SMILES string of the molecule is Cc1ccnc(N(CCN)CC(C)C)c1Br. The van der Waals surface area contributed by atoms with Gasteiger partial charge in [-0.3, -0.25) is 0 Å². The predicted molar refractivity (Wildman–Crippen MR) is 72.8 cm³/mol. The fourth-order valence-electron chi connectivity index (χ4n) is 1.63. The van der Waals surface area contributed by atoms with Crippen LogP contribution in [0.5, 0.6) is 0 Å². The quantitative estimate of drug-likeness (QED) is 0.904. The van der Waals surface area contributed by atoms with E-state index in [1.807, 2.05) is 12.3 Å². The Bertz CT molecular complexity index is 339. The highest BCUT2D eigenvalue weighted by Gasteiger charge is 2.13. The van der Waals surface area contributed by atoms with Gasteiger partial charge in [-0.1, -0.05) is 13.8 Å². The molecule has 0 amide bonds. The van der Waals surface area contributed by atoms with E-state index in [-0.39, 0.29) is 0 Å². The monoisotopic (exact) mass is 285 g/mol. The molecule has 3 nitrogen and oxygen atoms in total. The second-order valence-electron chi connectivity index (χ2n) is 4.39. The van der Waals surface area contributed by atoms with Crippen LogP contribution in [0.3, 0.4) is 0 Å². The maximum absolute atomic E-state index is 5.65. The Morgan fingerprint density at radius 3 is 2.75 bits per heavy atom. The van der Waals surface area contributed by atoms with E-state index in [2.05, 4.69) is 46.6 Å². The summed E-state index contributed by atoms with van der Waals surface area (Å²) in [4.78, 5) is 6.67. The molecule has 0 aliphatic heterocycles. The van der Waals surface area contributed by atoms with Crippen molar-refractivity contribution >= 4 is 21.7 Å². The first kappa shape index (κ1) is 13.5. The number of anilines is 1. The Morgan fingerprint density at radius 1 is 1.50 bits per heavy atom. The van der Waals surface area contributed by atoms with Crippen LogP contribution >= 0.6 is 15.9 Å². The summed E-state index contributed by atoms with van der Waals surface area (Å²) in [5.41, 5.74) is 6.85. The molecule has 0 aromatic carbocycles. The molecule has 1 heterocycles. The molecule has 0 aliphatic carbocycles. The standard InChI is InChI=1S/C12H20BrN3/c1-9(2)8-16(7-5-14)12-11(13)10(3)4-6-15-12/h4,6,9H,5,7-8,14H2,1-3H3. The summed E-state index contributed by atoms with van der Waals surface area (Å²) in [7, 11) is 0. The average molecular weight is 286 g/mol. The van der Waals surface area contributed by atoms with Crippen LogP contribution < -0.4 is 10.6 Å². The van der Waals surface area contributed by atoms with E-state index >= 15 is 0 Å². The molecule has 0 unspecified atom stereocenters. The van der Waals surface area contributed by atoms with Crippen molar-refractivity contribution < 1.29 is 0 Å². The smallest absolute Gasteiger partial charge is 0.143 e. The van der Waals surface area contributed by atoms with E-state index in [0.717, 1.165) is 23.4 Å². The Labute approximate surface area is 106 Å². The number of pyridine rings is 1. The van der Waals surface area contributed by atoms with Gasteiger partial charge in [-0.25, -0.2) is 4.98 Å². The topological polar surface area (TPSA) is 42.2 Å². The summed E-state index contributed by atoms with van der Waals surface area (Å²) >= 11 is 3.60. The first-order valence-electron chi connectivity index (χ1n) is 5.62. The summed E-state index contributed by atoms with van der Waals surface area (Å²) in [6.45, 7) is 8.94. The summed E-state index contributed by atoms with van der Waals surface area (Å²) in [6, 6.07) is 2.00. The predicted octanol–water partition coefficient (Wildman–Crippen LogP) is 2.57. The van der Waals surface area contributed by atoms with Crippen LogP contribution in [0.15, 0.2) is 16.7 Å². The number of aromatic nitrogens is 1. The molecule has 0 saturated heterocycles. The van der Waals surface area contributed by atoms with E-state index in [4.69, 9.17) is 5.73 Å². The number of rotatable bonds is 5. The molecular weight excluding hydrogens is 266 g/mol. The van der Waals surface area contributed by atoms with Crippen molar-refractivity contribution in [2.24, 2.45) is 11.7 Å². The molecule has 0 fully saturated rings. The van der Waals surface area contributed by atoms with Gasteiger partial charge in [-0.2, -0.15) is 0 Å². The maximum Gasteiger partial charge on any atom is 0.143 e. The first-order chi connectivity index (χ1) is 7.56. The van der Waals surface area contributed by atoms with E-state index in [1.54, 1.807) is 0 Å². The van der Waals surface area contributed by atoms with Gasteiger partial charge >= 0.3 is 0 Å². The molecule has 1 aromatic heterocycles. The van der Waals surface area contributed by atoms with Gasteiger partial charge in [0.25, 0.3) is 0 Å². The highest BCUT2D eigenvalue weighted by atomic mass is 79.9. The lowest BCUT2D eigenvalue weighted by Gasteiger charge is -2.26. The summed E-state index contributed by atoms with van der Waals surface area (Å²) < 4.78 is 1.07. The molecule has 4 heteroatoms. The molecule has 1 rings (SSSR count). The van der Waals surface area contributed by atoms with E-state index in [9.17, 15) is 0 Å². The average Bonchev–Trinajstić information content (AvgIpc) is 2.21. The Morgan fingerprint density at radius 2 is 2.19 bits per heavy atom. The molecule has 0 spiro atoms. The molecule has 0 aliphatic rings. The van der Waals surface area contributed by atoms with Crippen molar-refractivity contribution in [2.45, 2.75) is 20.8 Å². The van der Waals surface area contributed by atoms with Gasteiger partial charge in [0.2, 0.25) is 0 Å². The Hall–Kier alpha value is -0.610. The van der Waals surface area contributed by atoms with Crippen molar-refractivity contribution in [1.29, 1.82) is 0 Å². The fourth-order valence-corrected chi connectivity index (χ4v) is 2.11. The molecule has 16 heavy (non-hydrogen) atoms. The highest BCUT2D eigenvalue weighted by molar-refractivity contribution is 9.10. The third-order valence-electron chi connectivity index (χ3n) is 2.35. The lowest BCUT2D eigenvalue weighted by atomic mass is 10.2. The van der Waals surface area contributed by atoms with Crippen LogP contribution in [0.4, 0.5) is 5.82 Å². The zero-order chi connectivity index (χ0) is 12.1. The van der Waals surface area contributed by atoms with Crippen LogP contribution in [-0.2, 0) is 0 Å². The summed E-state index contributed by atoms with van der Waals surface area (Å²) in [5, 5.41) is 0. The largest absolute Gasteiger partial charge is 0.354 e. The highest BCUT2D eigenvalue weighted by Crippen LogP contribution is 2.27. The third-order valence-corrected chi connectivity index (χ3v) is 3.33.